The van der Waals surface area contributed by atoms with E-state index in [9.17, 15) is 4.79 Å². The maximum absolute atomic E-state index is 11.9. The van der Waals surface area contributed by atoms with Gasteiger partial charge in [-0.1, -0.05) is 41.7 Å². The first kappa shape index (κ1) is 12.7. The van der Waals surface area contributed by atoms with Gasteiger partial charge in [0, 0.05) is 17.3 Å². The first-order chi connectivity index (χ1) is 8.18. The van der Waals surface area contributed by atoms with Crippen molar-refractivity contribution in [2.75, 3.05) is 12.8 Å². The van der Waals surface area contributed by atoms with Crippen LogP contribution in [0, 0.1) is 0 Å². The van der Waals surface area contributed by atoms with Crippen LogP contribution in [0.5, 0.6) is 0 Å². The van der Waals surface area contributed by atoms with Crippen molar-refractivity contribution in [1.29, 1.82) is 0 Å². The summed E-state index contributed by atoms with van der Waals surface area (Å²) < 4.78 is 2.02. The number of amides is 1. The third-order valence-electron chi connectivity index (χ3n) is 2.84. The Morgan fingerprint density at radius 2 is 2.35 bits per heavy atom. The summed E-state index contributed by atoms with van der Waals surface area (Å²) in [5.41, 5.74) is 0.954. The molecule has 0 bridgehead atoms. The molecule has 1 N–H and O–H groups in total. The van der Waals surface area contributed by atoms with E-state index in [1.807, 2.05) is 35.6 Å². The monoisotopic (exact) mass is 270 g/mol. The predicted molar refractivity (Wildman–Crippen MR) is 71.9 cm³/mol. The number of nitrogens with zero attached hydrogens (tertiary/aromatic N) is 1. The Labute approximate surface area is 111 Å². The lowest BCUT2D eigenvalue weighted by molar-refractivity contribution is -0.124. The molecule has 5 heteroatoms. The molecule has 17 heavy (non-hydrogen) atoms. The minimum atomic E-state index is -0.0116. The van der Waals surface area contributed by atoms with Crippen LogP contribution >= 0.6 is 23.5 Å². The number of halogens is 1. The lowest BCUT2D eigenvalue weighted by atomic mass is 10.2. The molecule has 3 nitrogen and oxygen atoms in total. The Balaban J connectivity index is 1.90. The summed E-state index contributed by atoms with van der Waals surface area (Å²) >= 11 is 7.74. The molecule has 1 amide bonds. The van der Waals surface area contributed by atoms with Crippen molar-refractivity contribution in [3.8, 4) is 0 Å². The number of likely N-dealkylation sites (N-methyl/N-ethyl adjacent to an activating group) is 1. The van der Waals surface area contributed by atoms with Gasteiger partial charge in [0.05, 0.1) is 6.04 Å². The molecule has 1 fully saturated rings. The Morgan fingerprint density at radius 1 is 1.59 bits per heavy atom. The van der Waals surface area contributed by atoms with Crippen molar-refractivity contribution in [1.82, 2.24) is 9.62 Å². The van der Waals surface area contributed by atoms with Crippen LogP contribution < -0.4 is 5.32 Å². The molecule has 1 aromatic rings. The Kier molecular flexibility index (Phi) is 4.31. The highest BCUT2D eigenvalue weighted by Crippen LogP contribution is 2.24. The van der Waals surface area contributed by atoms with Crippen LogP contribution in [0.3, 0.4) is 0 Å². The summed E-state index contributed by atoms with van der Waals surface area (Å²) in [6, 6.07) is 7.55. The number of carbonyl (C=O) groups is 1. The first-order valence-electron chi connectivity index (χ1n) is 5.55. The summed E-state index contributed by atoms with van der Waals surface area (Å²) in [6.45, 7) is 0.494. The van der Waals surface area contributed by atoms with Gasteiger partial charge in [-0.25, -0.2) is 4.31 Å². The SMILES string of the molecule is CN1SCCC1C(=O)NCc1ccccc1Cl. The van der Waals surface area contributed by atoms with E-state index < -0.39 is 0 Å². The van der Waals surface area contributed by atoms with Crippen LogP contribution in [0.25, 0.3) is 0 Å². The number of nitrogens with one attached hydrogen (secondary N) is 1. The summed E-state index contributed by atoms with van der Waals surface area (Å²) in [7, 11) is 1.96. The zero-order valence-corrected chi connectivity index (χ0v) is 11.2. The summed E-state index contributed by atoms with van der Waals surface area (Å²) in [6.07, 6.45) is 0.912. The molecule has 1 saturated heterocycles. The molecule has 0 radical (unpaired) electrons. The molecule has 0 aromatic heterocycles. The zero-order valence-electron chi connectivity index (χ0n) is 9.65. The lowest BCUT2D eigenvalue weighted by Gasteiger charge is -2.17. The smallest absolute Gasteiger partial charge is 0.238 e. The van der Waals surface area contributed by atoms with Gasteiger partial charge in [0.15, 0.2) is 0 Å². The van der Waals surface area contributed by atoms with Gasteiger partial charge in [-0.05, 0) is 25.1 Å². The van der Waals surface area contributed by atoms with E-state index >= 15 is 0 Å². The second-order valence-electron chi connectivity index (χ2n) is 3.99. The highest BCUT2D eigenvalue weighted by atomic mass is 35.5. The van der Waals surface area contributed by atoms with Crippen LogP contribution in [0.15, 0.2) is 24.3 Å². The Hall–Kier alpha value is -0.710. The fourth-order valence-corrected chi connectivity index (χ4v) is 3.02. The van der Waals surface area contributed by atoms with E-state index in [4.69, 9.17) is 11.6 Å². The topological polar surface area (TPSA) is 32.3 Å². The normalized spacial score (nSPS) is 20.5. The average molecular weight is 271 g/mol. The van der Waals surface area contributed by atoms with Gasteiger partial charge in [-0.2, -0.15) is 0 Å². The van der Waals surface area contributed by atoms with E-state index in [1.165, 1.54) is 0 Å². The molecule has 0 spiro atoms. The van der Waals surface area contributed by atoms with Crippen molar-refractivity contribution in [3.05, 3.63) is 34.9 Å². The molecule has 1 unspecified atom stereocenters. The second kappa shape index (κ2) is 5.76. The van der Waals surface area contributed by atoms with E-state index in [1.54, 1.807) is 11.9 Å². The van der Waals surface area contributed by atoms with Crippen LogP contribution in [0.2, 0.25) is 5.02 Å². The molecule has 1 aromatic carbocycles. The third-order valence-corrected chi connectivity index (χ3v) is 4.29. The van der Waals surface area contributed by atoms with E-state index in [-0.39, 0.29) is 11.9 Å². The van der Waals surface area contributed by atoms with Gasteiger partial charge < -0.3 is 5.32 Å². The molecule has 1 aliphatic rings. The van der Waals surface area contributed by atoms with Crippen LogP contribution in [0.1, 0.15) is 12.0 Å². The first-order valence-corrected chi connectivity index (χ1v) is 6.87. The summed E-state index contributed by atoms with van der Waals surface area (Å²) in [4.78, 5) is 11.9. The van der Waals surface area contributed by atoms with Gasteiger partial charge in [0.2, 0.25) is 5.91 Å². The van der Waals surface area contributed by atoms with E-state index in [2.05, 4.69) is 5.32 Å². The molecule has 1 aliphatic heterocycles. The van der Waals surface area contributed by atoms with Crippen molar-refractivity contribution < 1.29 is 4.79 Å². The van der Waals surface area contributed by atoms with Crippen LogP contribution in [-0.2, 0) is 11.3 Å². The van der Waals surface area contributed by atoms with Gasteiger partial charge in [0.25, 0.3) is 0 Å². The Morgan fingerprint density at radius 3 is 3.00 bits per heavy atom. The van der Waals surface area contributed by atoms with Gasteiger partial charge in [-0.3, -0.25) is 4.79 Å². The molecular weight excluding hydrogens is 256 g/mol. The average Bonchev–Trinajstić information content (AvgIpc) is 2.74. The van der Waals surface area contributed by atoms with Gasteiger partial charge in [-0.15, -0.1) is 0 Å². The van der Waals surface area contributed by atoms with Gasteiger partial charge in [0.1, 0.15) is 0 Å². The molecule has 2 rings (SSSR count). The zero-order chi connectivity index (χ0) is 12.3. The second-order valence-corrected chi connectivity index (χ2v) is 5.64. The maximum atomic E-state index is 11.9. The van der Waals surface area contributed by atoms with E-state index in [0.717, 1.165) is 17.7 Å². The van der Waals surface area contributed by atoms with E-state index in [0.29, 0.717) is 11.6 Å². The fourth-order valence-electron chi connectivity index (χ4n) is 1.82. The van der Waals surface area contributed by atoms with Gasteiger partial charge >= 0.3 is 0 Å². The minimum absolute atomic E-state index is 0.0116. The molecule has 1 atom stereocenters. The molecule has 92 valence electrons. The number of hydrogen-bond donors (Lipinski definition) is 1. The standard InChI is InChI=1S/C12H15ClN2OS/c1-15-11(6-7-17-15)12(16)14-8-9-4-2-3-5-10(9)13/h2-5,11H,6-8H2,1H3,(H,14,16). The molecule has 1 heterocycles. The van der Waals surface area contributed by atoms with Crippen LogP contribution in [0.4, 0.5) is 0 Å². The predicted octanol–water partition coefficient (Wildman–Crippen LogP) is 2.31. The lowest BCUT2D eigenvalue weighted by Crippen LogP contribution is -2.39. The number of benzene rings is 1. The molecule has 0 saturated carbocycles. The number of hydrogen-bond acceptors (Lipinski definition) is 3. The minimum Gasteiger partial charge on any atom is -0.351 e. The summed E-state index contributed by atoms with van der Waals surface area (Å²) in [5, 5.41) is 3.63. The maximum Gasteiger partial charge on any atom is 0.238 e. The summed E-state index contributed by atoms with van der Waals surface area (Å²) in [5.74, 6) is 1.10. The number of rotatable bonds is 3. The Bertz CT molecular complexity index is 413. The third kappa shape index (κ3) is 3.15. The quantitative estimate of drug-likeness (QED) is 0.856. The van der Waals surface area contributed by atoms with Crippen molar-refractivity contribution in [2.24, 2.45) is 0 Å². The van der Waals surface area contributed by atoms with Crippen LogP contribution in [-0.4, -0.2) is 29.1 Å². The highest BCUT2D eigenvalue weighted by Gasteiger charge is 2.28. The van der Waals surface area contributed by atoms with Crippen molar-refractivity contribution in [2.45, 2.75) is 19.0 Å². The number of carbonyl (C=O) groups excluding carboxylic acids is 1. The fraction of sp³-hybridized carbons (Fsp3) is 0.417. The van der Waals surface area contributed by atoms with Crippen molar-refractivity contribution in [3.63, 3.8) is 0 Å². The highest BCUT2D eigenvalue weighted by molar-refractivity contribution is 7.97. The molecule has 0 aliphatic carbocycles. The largest absolute Gasteiger partial charge is 0.351 e. The molecular formula is C12H15ClN2OS. The van der Waals surface area contributed by atoms with Crippen molar-refractivity contribution >= 4 is 29.5 Å².